The van der Waals surface area contributed by atoms with E-state index in [1.807, 2.05) is 23.7 Å². The molecule has 1 aliphatic heterocycles. The number of rotatable bonds is 2. The van der Waals surface area contributed by atoms with E-state index in [0.717, 1.165) is 11.1 Å². The van der Waals surface area contributed by atoms with Crippen LogP contribution in [0.4, 0.5) is 0 Å². The van der Waals surface area contributed by atoms with Crippen molar-refractivity contribution in [3.63, 3.8) is 0 Å². The predicted molar refractivity (Wildman–Crippen MR) is 97.8 cm³/mol. The quantitative estimate of drug-likeness (QED) is 0.545. The van der Waals surface area contributed by atoms with Gasteiger partial charge in [-0.05, 0) is 19.1 Å². The molecule has 2 atom stereocenters. The van der Waals surface area contributed by atoms with E-state index in [1.54, 1.807) is 19.1 Å². The van der Waals surface area contributed by atoms with Gasteiger partial charge in [-0.2, -0.15) is 0 Å². The maximum Gasteiger partial charge on any atom is 0.200 e. The van der Waals surface area contributed by atoms with Crippen LogP contribution in [0.1, 0.15) is 12.5 Å². The summed E-state index contributed by atoms with van der Waals surface area (Å²) in [6.07, 6.45) is -0.121. The number of pyridine rings is 1. The van der Waals surface area contributed by atoms with Gasteiger partial charge in [-0.3, -0.25) is 4.79 Å². The lowest BCUT2D eigenvalue weighted by Gasteiger charge is -2.26. The molecule has 1 aliphatic rings. The zero-order valence-electron chi connectivity index (χ0n) is 13.9. The Kier molecular flexibility index (Phi) is 3.49. The first kappa shape index (κ1) is 16.2. The number of aryl methyl sites for hydroxylation is 1. The van der Waals surface area contributed by atoms with E-state index in [-0.39, 0.29) is 22.4 Å². The van der Waals surface area contributed by atoms with Gasteiger partial charge >= 0.3 is 0 Å². The molecule has 0 radical (unpaired) electrons. The molecule has 0 amide bonds. The van der Waals surface area contributed by atoms with Crippen LogP contribution in [-0.4, -0.2) is 32.4 Å². The van der Waals surface area contributed by atoms with Crippen molar-refractivity contribution in [2.45, 2.75) is 25.0 Å². The molecule has 5 nitrogen and oxygen atoms in total. The lowest BCUT2D eigenvalue weighted by molar-refractivity contribution is -0.0201. The highest BCUT2D eigenvalue weighted by Crippen LogP contribution is 2.41. The molecule has 0 fully saturated rings. The average Bonchev–Trinajstić information content (AvgIpc) is 3.03. The van der Waals surface area contributed by atoms with E-state index >= 15 is 0 Å². The van der Waals surface area contributed by atoms with Crippen molar-refractivity contribution in [2.24, 2.45) is 7.05 Å². The Labute approximate surface area is 149 Å². The molecule has 2 aromatic carbocycles. The number of para-hydroxylation sites is 1. The maximum absolute atomic E-state index is 12.9. The SMILES string of the molecule is Cn1c2ccccc2c(=O)c2c(O)cc3c(c21)C[C@@H]([C@](C)(O)CCl)O3. The fourth-order valence-electron chi connectivity index (χ4n) is 3.60. The molecule has 25 heavy (non-hydrogen) atoms. The van der Waals surface area contributed by atoms with Gasteiger partial charge in [-0.25, -0.2) is 0 Å². The number of fused-ring (bicyclic) bond motifs is 4. The van der Waals surface area contributed by atoms with Crippen molar-refractivity contribution in [1.82, 2.24) is 4.57 Å². The lowest BCUT2D eigenvalue weighted by atomic mass is 9.95. The topological polar surface area (TPSA) is 71.7 Å². The molecule has 6 heteroatoms. The highest BCUT2D eigenvalue weighted by molar-refractivity contribution is 6.18. The number of aliphatic hydroxyl groups is 1. The summed E-state index contributed by atoms with van der Waals surface area (Å²) in [6, 6.07) is 8.75. The first-order valence-electron chi connectivity index (χ1n) is 8.06. The summed E-state index contributed by atoms with van der Waals surface area (Å²) in [5.41, 5.74) is 0.787. The Bertz CT molecular complexity index is 1070. The molecule has 0 unspecified atom stereocenters. The first-order valence-corrected chi connectivity index (χ1v) is 8.60. The highest BCUT2D eigenvalue weighted by Gasteiger charge is 2.39. The van der Waals surface area contributed by atoms with Crippen LogP contribution >= 0.6 is 11.6 Å². The second-order valence-electron chi connectivity index (χ2n) is 6.80. The minimum atomic E-state index is -1.21. The molecule has 130 valence electrons. The summed E-state index contributed by atoms with van der Waals surface area (Å²) < 4.78 is 7.74. The van der Waals surface area contributed by atoms with Crippen molar-refractivity contribution in [3.05, 3.63) is 46.1 Å². The second-order valence-corrected chi connectivity index (χ2v) is 7.07. The van der Waals surface area contributed by atoms with Crippen LogP contribution in [-0.2, 0) is 13.5 Å². The fourth-order valence-corrected chi connectivity index (χ4v) is 3.77. The number of phenolic OH excluding ortho intramolecular Hbond substituents is 1. The van der Waals surface area contributed by atoms with E-state index in [1.165, 1.54) is 6.07 Å². The van der Waals surface area contributed by atoms with Crippen molar-refractivity contribution in [1.29, 1.82) is 0 Å². The Morgan fingerprint density at radius 3 is 2.84 bits per heavy atom. The first-order chi connectivity index (χ1) is 11.8. The minimum absolute atomic E-state index is 0.0252. The molecular weight excluding hydrogens is 342 g/mol. The van der Waals surface area contributed by atoms with E-state index in [4.69, 9.17) is 16.3 Å². The molecular formula is C19H18ClNO4. The Morgan fingerprint density at radius 1 is 1.40 bits per heavy atom. The van der Waals surface area contributed by atoms with E-state index in [0.29, 0.717) is 23.1 Å². The van der Waals surface area contributed by atoms with Gasteiger partial charge in [0.2, 0.25) is 5.43 Å². The summed E-state index contributed by atoms with van der Waals surface area (Å²) in [6.45, 7) is 1.62. The number of halogens is 1. The van der Waals surface area contributed by atoms with Gasteiger partial charge in [-0.1, -0.05) is 12.1 Å². The molecule has 0 saturated heterocycles. The molecule has 0 bridgehead atoms. The van der Waals surface area contributed by atoms with Crippen LogP contribution in [0.2, 0.25) is 0 Å². The third-order valence-corrected chi connectivity index (χ3v) is 5.58. The molecule has 2 N–H and O–H groups in total. The summed E-state index contributed by atoms with van der Waals surface area (Å²) >= 11 is 5.87. The van der Waals surface area contributed by atoms with Gasteiger partial charge in [-0.15, -0.1) is 11.6 Å². The minimum Gasteiger partial charge on any atom is -0.507 e. The molecule has 0 aliphatic carbocycles. The molecule has 3 aromatic rings. The normalized spacial score (nSPS) is 19.0. The van der Waals surface area contributed by atoms with Crippen molar-refractivity contribution in [2.75, 3.05) is 5.88 Å². The van der Waals surface area contributed by atoms with E-state index in [9.17, 15) is 15.0 Å². The number of aromatic nitrogens is 1. The van der Waals surface area contributed by atoms with E-state index < -0.39 is 11.7 Å². The van der Waals surface area contributed by atoms with Gasteiger partial charge in [0.15, 0.2) is 0 Å². The summed E-state index contributed by atoms with van der Waals surface area (Å²) in [4.78, 5) is 12.9. The molecule has 1 aromatic heterocycles. The fraction of sp³-hybridized carbons (Fsp3) is 0.316. The largest absolute Gasteiger partial charge is 0.507 e. The second kappa shape index (κ2) is 5.38. The standard InChI is InChI=1S/C19H18ClNO4/c1-19(24,9-20)15-7-11-14(25-15)8-13(22)16-17(11)21(2)12-6-4-3-5-10(12)18(16)23/h3-6,8,15,22,24H,7,9H2,1-2H3/t15-,19+/m0/s1. The third-order valence-electron chi connectivity index (χ3n) is 5.04. The van der Waals surface area contributed by atoms with Gasteiger partial charge in [0, 0.05) is 30.5 Å². The van der Waals surface area contributed by atoms with Crippen LogP contribution in [0, 0.1) is 0 Å². The van der Waals surface area contributed by atoms with Gasteiger partial charge in [0.25, 0.3) is 0 Å². The van der Waals surface area contributed by atoms with Gasteiger partial charge in [0.1, 0.15) is 23.2 Å². The number of hydrogen-bond donors (Lipinski definition) is 2. The Balaban J connectivity index is 2.07. The summed E-state index contributed by atoms with van der Waals surface area (Å²) in [5, 5.41) is 21.7. The predicted octanol–water partition coefficient (Wildman–Crippen LogP) is 2.69. The van der Waals surface area contributed by atoms with Gasteiger partial charge in [0.05, 0.1) is 22.3 Å². The molecule has 0 saturated carbocycles. The number of phenols is 1. The van der Waals surface area contributed by atoms with Crippen LogP contribution in [0.3, 0.4) is 0 Å². The summed E-state index contributed by atoms with van der Waals surface area (Å²) in [7, 11) is 1.86. The van der Waals surface area contributed by atoms with Crippen molar-refractivity contribution >= 4 is 33.4 Å². The maximum atomic E-state index is 12.9. The zero-order chi connectivity index (χ0) is 17.9. The third kappa shape index (κ3) is 2.23. The average molecular weight is 360 g/mol. The summed E-state index contributed by atoms with van der Waals surface area (Å²) in [5.74, 6) is 0.384. The lowest BCUT2D eigenvalue weighted by Crippen LogP contribution is -2.44. The Morgan fingerprint density at radius 2 is 2.12 bits per heavy atom. The molecule has 4 rings (SSSR count). The number of alkyl halides is 1. The van der Waals surface area contributed by atoms with Crippen LogP contribution < -0.4 is 10.2 Å². The number of nitrogens with zero attached hydrogens (tertiary/aromatic N) is 1. The van der Waals surface area contributed by atoms with Crippen LogP contribution in [0.5, 0.6) is 11.5 Å². The van der Waals surface area contributed by atoms with Crippen molar-refractivity contribution < 1.29 is 14.9 Å². The van der Waals surface area contributed by atoms with Crippen LogP contribution in [0.15, 0.2) is 35.1 Å². The van der Waals surface area contributed by atoms with Gasteiger partial charge < -0.3 is 19.5 Å². The zero-order valence-corrected chi connectivity index (χ0v) is 14.7. The number of hydrogen-bond acceptors (Lipinski definition) is 4. The van der Waals surface area contributed by atoms with Crippen molar-refractivity contribution in [3.8, 4) is 11.5 Å². The number of benzene rings is 2. The number of ether oxygens (including phenoxy) is 1. The Hall–Kier alpha value is -2.24. The monoisotopic (exact) mass is 359 g/mol. The van der Waals surface area contributed by atoms with E-state index in [2.05, 4.69) is 0 Å². The van der Waals surface area contributed by atoms with Crippen LogP contribution in [0.25, 0.3) is 21.8 Å². The number of aromatic hydroxyl groups is 1. The highest BCUT2D eigenvalue weighted by atomic mass is 35.5. The molecule has 2 heterocycles. The smallest absolute Gasteiger partial charge is 0.200 e. The molecule has 0 spiro atoms.